The minimum atomic E-state index is -0.858. The summed E-state index contributed by atoms with van der Waals surface area (Å²) < 4.78 is 11.0. The number of carbonyl (C=O) groups excluding carboxylic acids is 1. The second-order valence-electron chi connectivity index (χ2n) is 5.71. The molecule has 0 N–H and O–H groups in total. The van der Waals surface area contributed by atoms with Crippen LogP contribution in [0.25, 0.3) is 0 Å². The molecule has 3 aliphatic rings. The number of hydrogen-bond acceptors (Lipinski definition) is 4. The fraction of sp³-hybridized carbons (Fsp3) is 0.857. The highest BCUT2D eigenvalue weighted by Crippen LogP contribution is 2.37. The van der Waals surface area contributed by atoms with E-state index in [2.05, 4.69) is 6.07 Å². The summed E-state index contributed by atoms with van der Waals surface area (Å²) in [7, 11) is 0. The first-order valence-corrected chi connectivity index (χ1v) is 7.18. The molecule has 3 fully saturated rings. The molecule has 5 nitrogen and oxygen atoms in total. The second kappa shape index (κ2) is 5.10. The average Bonchev–Trinajstić information content (AvgIpc) is 2.95. The van der Waals surface area contributed by atoms with E-state index >= 15 is 0 Å². The lowest BCUT2D eigenvalue weighted by atomic mass is 9.79. The third-order valence-corrected chi connectivity index (χ3v) is 4.71. The predicted octanol–water partition coefficient (Wildman–Crippen LogP) is 1.09. The van der Waals surface area contributed by atoms with Gasteiger partial charge in [0.1, 0.15) is 5.41 Å². The molecule has 104 valence electrons. The van der Waals surface area contributed by atoms with Gasteiger partial charge in [0.15, 0.2) is 0 Å². The Balaban J connectivity index is 1.80. The third-order valence-electron chi connectivity index (χ3n) is 4.71. The van der Waals surface area contributed by atoms with Gasteiger partial charge in [0, 0.05) is 19.8 Å². The Bertz CT molecular complexity index is 398. The summed E-state index contributed by atoms with van der Waals surface area (Å²) in [6, 6.07) is 2.47. The Kier molecular flexibility index (Phi) is 3.46. The molecule has 3 rings (SSSR count). The van der Waals surface area contributed by atoms with E-state index in [4.69, 9.17) is 9.47 Å². The molecule has 0 aromatic heterocycles. The van der Waals surface area contributed by atoms with Gasteiger partial charge in [0.2, 0.25) is 5.91 Å². The van der Waals surface area contributed by atoms with Crippen molar-refractivity contribution in [2.75, 3.05) is 26.4 Å². The van der Waals surface area contributed by atoms with E-state index < -0.39 is 5.41 Å². The van der Waals surface area contributed by atoms with Gasteiger partial charge < -0.3 is 14.4 Å². The molecule has 0 radical (unpaired) electrons. The van der Waals surface area contributed by atoms with E-state index in [-0.39, 0.29) is 18.1 Å². The van der Waals surface area contributed by atoms with Gasteiger partial charge in [-0.3, -0.25) is 4.79 Å². The van der Waals surface area contributed by atoms with Crippen LogP contribution in [0.5, 0.6) is 0 Å². The molecule has 19 heavy (non-hydrogen) atoms. The molecule has 0 aromatic rings. The first-order chi connectivity index (χ1) is 9.27. The largest absolute Gasteiger partial charge is 0.381 e. The molecular weight excluding hydrogens is 244 g/mol. The Morgan fingerprint density at radius 1 is 1.26 bits per heavy atom. The lowest BCUT2D eigenvalue weighted by molar-refractivity contribution is -0.156. The van der Waals surface area contributed by atoms with Crippen LogP contribution in [0.15, 0.2) is 0 Å². The zero-order chi connectivity index (χ0) is 13.3. The summed E-state index contributed by atoms with van der Waals surface area (Å²) in [4.78, 5) is 14.8. The Morgan fingerprint density at radius 3 is 2.79 bits per heavy atom. The predicted molar refractivity (Wildman–Crippen MR) is 67.2 cm³/mol. The number of fused-ring (bicyclic) bond motifs is 1. The molecule has 2 heterocycles. The minimum absolute atomic E-state index is 0.0125. The number of nitrogens with zero attached hydrogens (tertiary/aromatic N) is 2. The standard InChI is InChI=1S/C14H20N2O3/c15-10-14(4-7-18-8-5-14)13(17)16-6-9-19-12-3-1-2-11(12)16/h11-12H,1-9H2. The minimum Gasteiger partial charge on any atom is -0.381 e. The van der Waals surface area contributed by atoms with Crippen molar-refractivity contribution in [3.63, 3.8) is 0 Å². The van der Waals surface area contributed by atoms with Crippen LogP contribution in [-0.2, 0) is 14.3 Å². The number of ether oxygens (including phenoxy) is 2. The topological polar surface area (TPSA) is 62.6 Å². The first-order valence-electron chi connectivity index (χ1n) is 7.18. The lowest BCUT2D eigenvalue weighted by Gasteiger charge is -2.42. The van der Waals surface area contributed by atoms with Gasteiger partial charge in [-0.2, -0.15) is 5.26 Å². The molecule has 1 amide bonds. The average molecular weight is 264 g/mol. The summed E-state index contributed by atoms with van der Waals surface area (Å²) >= 11 is 0. The van der Waals surface area contributed by atoms with E-state index in [9.17, 15) is 10.1 Å². The van der Waals surface area contributed by atoms with Crippen molar-refractivity contribution >= 4 is 5.91 Å². The van der Waals surface area contributed by atoms with Gasteiger partial charge in [0.25, 0.3) is 0 Å². The number of morpholine rings is 1. The highest BCUT2D eigenvalue weighted by molar-refractivity contribution is 5.86. The van der Waals surface area contributed by atoms with Crippen molar-refractivity contribution in [3.8, 4) is 6.07 Å². The third kappa shape index (κ3) is 2.13. The summed E-state index contributed by atoms with van der Waals surface area (Å²) in [5.74, 6) is 0.0125. The van der Waals surface area contributed by atoms with Gasteiger partial charge in [-0.1, -0.05) is 0 Å². The lowest BCUT2D eigenvalue weighted by Crippen LogP contribution is -2.56. The van der Waals surface area contributed by atoms with Gasteiger partial charge in [-0.05, 0) is 32.1 Å². The number of carbonyl (C=O) groups is 1. The molecule has 2 atom stereocenters. The number of hydrogen-bond donors (Lipinski definition) is 0. The summed E-state index contributed by atoms with van der Waals surface area (Å²) in [6.07, 6.45) is 4.40. The molecule has 2 aliphatic heterocycles. The molecular formula is C14H20N2O3. The number of amides is 1. The van der Waals surface area contributed by atoms with Crippen LogP contribution < -0.4 is 0 Å². The molecule has 1 aliphatic carbocycles. The van der Waals surface area contributed by atoms with E-state index in [1.807, 2.05) is 4.90 Å². The quantitative estimate of drug-likeness (QED) is 0.711. The zero-order valence-electron chi connectivity index (χ0n) is 11.1. The second-order valence-corrected chi connectivity index (χ2v) is 5.71. The number of nitriles is 1. The van der Waals surface area contributed by atoms with Crippen molar-refractivity contribution in [2.24, 2.45) is 5.41 Å². The van der Waals surface area contributed by atoms with Crippen molar-refractivity contribution in [3.05, 3.63) is 0 Å². The first kappa shape index (κ1) is 12.9. The van der Waals surface area contributed by atoms with E-state index in [0.29, 0.717) is 39.2 Å². The zero-order valence-corrected chi connectivity index (χ0v) is 11.1. The van der Waals surface area contributed by atoms with Gasteiger partial charge in [0.05, 0.1) is 24.8 Å². The maximum absolute atomic E-state index is 12.8. The summed E-state index contributed by atoms with van der Waals surface area (Å²) in [6.45, 7) is 2.25. The fourth-order valence-electron chi connectivity index (χ4n) is 3.55. The van der Waals surface area contributed by atoms with Crippen LogP contribution in [0.4, 0.5) is 0 Å². The van der Waals surface area contributed by atoms with Gasteiger partial charge in [-0.25, -0.2) is 0 Å². The van der Waals surface area contributed by atoms with Gasteiger partial charge >= 0.3 is 0 Å². The van der Waals surface area contributed by atoms with Crippen LogP contribution in [0.2, 0.25) is 0 Å². The SMILES string of the molecule is N#CC1(C(=O)N2CCOC3CCCC32)CCOCC1. The Labute approximate surface area is 113 Å². The van der Waals surface area contributed by atoms with Crippen LogP contribution in [0.3, 0.4) is 0 Å². The maximum Gasteiger partial charge on any atom is 0.243 e. The number of rotatable bonds is 1. The van der Waals surface area contributed by atoms with E-state index in [1.54, 1.807) is 0 Å². The van der Waals surface area contributed by atoms with Crippen molar-refractivity contribution < 1.29 is 14.3 Å². The van der Waals surface area contributed by atoms with Crippen molar-refractivity contribution in [1.82, 2.24) is 4.90 Å². The normalized spacial score (nSPS) is 33.5. The molecule has 0 bridgehead atoms. The van der Waals surface area contributed by atoms with Crippen LogP contribution >= 0.6 is 0 Å². The highest BCUT2D eigenvalue weighted by atomic mass is 16.5. The monoisotopic (exact) mass is 264 g/mol. The Morgan fingerprint density at radius 2 is 2.05 bits per heavy atom. The van der Waals surface area contributed by atoms with E-state index in [0.717, 1.165) is 19.3 Å². The molecule has 0 spiro atoms. The molecule has 0 aromatic carbocycles. The van der Waals surface area contributed by atoms with Crippen LogP contribution in [-0.4, -0.2) is 49.3 Å². The van der Waals surface area contributed by atoms with Crippen LogP contribution in [0.1, 0.15) is 32.1 Å². The van der Waals surface area contributed by atoms with Crippen LogP contribution in [0, 0.1) is 16.7 Å². The molecule has 5 heteroatoms. The smallest absolute Gasteiger partial charge is 0.243 e. The molecule has 2 unspecified atom stereocenters. The van der Waals surface area contributed by atoms with E-state index in [1.165, 1.54) is 0 Å². The molecule has 2 saturated heterocycles. The highest BCUT2D eigenvalue weighted by Gasteiger charge is 2.48. The fourth-order valence-corrected chi connectivity index (χ4v) is 3.55. The summed E-state index contributed by atoms with van der Waals surface area (Å²) in [5.41, 5.74) is -0.858. The maximum atomic E-state index is 12.8. The van der Waals surface area contributed by atoms with Gasteiger partial charge in [-0.15, -0.1) is 0 Å². The Hall–Kier alpha value is -1.12. The van der Waals surface area contributed by atoms with Crippen molar-refractivity contribution in [2.45, 2.75) is 44.2 Å². The summed E-state index contributed by atoms with van der Waals surface area (Å²) in [5, 5.41) is 9.50. The molecule has 1 saturated carbocycles. The van der Waals surface area contributed by atoms with Crippen molar-refractivity contribution in [1.29, 1.82) is 5.26 Å².